The van der Waals surface area contributed by atoms with E-state index in [0.29, 0.717) is 47.8 Å². The molecule has 0 aromatic carbocycles. The largest absolute Gasteiger partial charge is 0.444 e. The van der Waals surface area contributed by atoms with Crippen LogP contribution >= 0.6 is 11.3 Å². The quantitative estimate of drug-likeness (QED) is 0.574. The molecule has 0 unspecified atom stereocenters. The Hall–Kier alpha value is -2.79. The minimum atomic E-state index is -1.01. The van der Waals surface area contributed by atoms with Crippen LogP contribution in [0.5, 0.6) is 0 Å². The van der Waals surface area contributed by atoms with Crippen molar-refractivity contribution in [3.05, 3.63) is 30.0 Å². The fourth-order valence-electron chi connectivity index (χ4n) is 3.55. The summed E-state index contributed by atoms with van der Waals surface area (Å²) in [5.74, 6) is -0.554. The number of nitrogens with one attached hydrogen (secondary N) is 1. The van der Waals surface area contributed by atoms with Gasteiger partial charge in [0, 0.05) is 25.3 Å². The van der Waals surface area contributed by atoms with Gasteiger partial charge in [-0.1, -0.05) is 11.3 Å². The number of piperidine rings is 1. The smallest absolute Gasteiger partial charge is 0.407 e. The number of rotatable bonds is 4. The first-order valence-electron chi connectivity index (χ1n) is 10.5. The molecule has 9 nitrogen and oxygen atoms in total. The van der Waals surface area contributed by atoms with Gasteiger partial charge in [-0.05, 0) is 52.7 Å². The lowest BCUT2D eigenvalue weighted by Crippen LogP contribution is -2.51. The van der Waals surface area contributed by atoms with Crippen LogP contribution in [-0.4, -0.2) is 61.6 Å². The molecule has 0 atom stereocenters. The van der Waals surface area contributed by atoms with Crippen LogP contribution in [-0.2, 0) is 4.74 Å². The molecule has 0 spiro atoms. The highest BCUT2D eigenvalue weighted by Crippen LogP contribution is 2.32. The highest BCUT2D eigenvalue weighted by molar-refractivity contribution is 7.20. The summed E-state index contributed by atoms with van der Waals surface area (Å²) in [6.07, 6.45) is 1.98. The summed E-state index contributed by atoms with van der Waals surface area (Å²) in [5.41, 5.74) is -0.0987. The first-order valence-corrected chi connectivity index (χ1v) is 11.3. The van der Waals surface area contributed by atoms with Crippen molar-refractivity contribution < 1.29 is 19.0 Å². The Morgan fingerprint density at radius 3 is 2.72 bits per heavy atom. The van der Waals surface area contributed by atoms with Crippen LogP contribution < -0.4 is 10.2 Å². The average Bonchev–Trinajstić information content (AvgIpc) is 3.27. The molecule has 3 aromatic rings. The summed E-state index contributed by atoms with van der Waals surface area (Å²) in [6, 6.07) is 3.43. The number of alkyl carbamates (subject to hydrolysis) is 1. The number of hydrogen-bond donors (Lipinski definition) is 2. The van der Waals surface area contributed by atoms with Crippen molar-refractivity contribution >= 4 is 27.5 Å². The van der Waals surface area contributed by atoms with Crippen molar-refractivity contribution in [3.63, 3.8) is 0 Å². The number of anilines is 1. The van der Waals surface area contributed by atoms with Crippen LogP contribution in [0.2, 0.25) is 0 Å². The van der Waals surface area contributed by atoms with Gasteiger partial charge in [0.2, 0.25) is 16.0 Å². The number of carbonyl (C=O) groups is 1. The fraction of sp³-hybridized carbons (Fsp3) is 0.524. The van der Waals surface area contributed by atoms with Gasteiger partial charge >= 0.3 is 6.09 Å². The lowest BCUT2D eigenvalue weighted by atomic mass is 9.91. The van der Waals surface area contributed by atoms with Gasteiger partial charge in [0.15, 0.2) is 0 Å². The summed E-state index contributed by atoms with van der Waals surface area (Å²) in [4.78, 5) is 22.9. The van der Waals surface area contributed by atoms with Crippen LogP contribution in [0.15, 0.2) is 18.3 Å². The number of halogens is 1. The number of aromatic nitrogens is 4. The van der Waals surface area contributed by atoms with E-state index in [1.807, 2.05) is 0 Å². The molecule has 2 N–H and O–H groups in total. The molecule has 0 saturated carbocycles. The molecule has 1 amide bonds. The van der Waals surface area contributed by atoms with Gasteiger partial charge in [-0.25, -0.2) is 19.3 Å². The van der Waals surface area contributed by atoms with E-state index in [1.165, 1.54) is 11.3 Å². The Kier molecular flexibility index (Phi) is 5.80. The molecule has 0 bridgehead atoms. The molecule has 0 radical (unpaired) electrons. The number of ether oxygens (including phenoxy) is 1. The van der Waals surface area contributed by atoms with E-state index in [-0.39, 0.29) is 6.54 Å². The van der Waals surface area contributed by atoms with E-state index in [9.17, 15) is 14.3 Å². The maximum atomic E-state index is 14.4. The first kappa shape index (κ1) is 22.4. The van der Waals surface area contributed by atoms with Crippen molar-refractivity contribution in [1.29, 1.82) is 0 Å². The summed E-state index contributed by atoms with van der Waals surface area (Å²) in [5, 5.41) is 18.9. The normalized spacial score (nSPS) is 16.4. The van der Waals surface area contributed by atoms with Crippen molar-refractivity contribution in [2.45, 2.75) is 51.7 Å². The van der Waals surface area contributed by atoms with Gasteiger partial charge in [-0.2, -0.15) is 4.39 Å². The highest BCUT2D eigenvalue weighted by Gasteiger charge is 2.34. The van der Waals surface area contributed by atoms with Crippen LogP contribution in [0.25, 0.3) is 16.2 Å². The lowest BCUT2D eigenvalue weighted by molar-refractivity contribution is 0.00798. The molecule has 4 heterocycles. The number of hydrogen-bond acceptors (Lipinski definition) is 8. The number of pyridine rings is 1. The number of fused-ring (bicyclic) bond motifs is 1. The van der Waals surface area contributed by atoms with Crippen molar-refractivity contribution in [1.82, 2.24) is 24.9 Å². The van der Waals surface area contributed by atoms with Crippen molar-refractivity contribution in [2.24, 2.45) is 0 Å². The van der Waals surface area contributed by atoms with Crippen molar-refractivity contribution in [2.75, 3.05) is 24.5 Å². The van der Waals surface area contributed by atoms with E-state index < -0.39 is 23.2 Å². The van der Waals surface area contributed by atoms with Gasteiger partial charge in [-0.15, -0.1) is 5.10 Å². The first-order chi connectivity index (χ1) is 15.0. The van der Waals surface area contributed by atoms with Gasteiger partial charge in [0.25, 0.3) is 0 Å². The molecule has 1 aliphatic rings. The second-order valence-corrected chi connectivity index (χ2v) is 10.0. The van der Waals surface area contributed by atoms with Gasteiger partial charge in [0.1, 0.15) is 5.60 Å². The second-order valence-electron chi connectivity index (χ2n) is 9.08. The number of carbonyl (C=O) groups excluding carboxylic acids is 1. The SMILES string of the molecule is Cc1ccc(-c2cnc3sc(N4CCC(O)(CNC(=O)OC(C)(C)C)CC4)nn23)c(F)n1. The molecule has 1 fully saturated rings. The standard InChI is InChI=1S/C21H27FN6O3S/c1-13-5-6-14(16(22)25-13)15-11-23-17-28(15)26-18(32-17)27-9-7-21(30,8-10-27)12-24-19(29)31-20(2,3)4/h5-6,11,30H,7-10,12H2,1-4H3,(H,24,29). The summed E-state index contributed by atoms with van der Waals surface area (Å²) < 4.78 is 21.2. The molecule has 0 aliphatic carbocycles. The van der Waals surface area contributed by atoms with Gasteiger partial charge in [0.05, 0.1) is 23.1 Å². The fourth-order valence-corrected chi connectivity index (χ4v) is 4.48. The third kappa shape index (κ3) is 4.83. The van der Waals surface area contributed by atoms with E-state index in [1.54, 1.807) is 50.5 Å². The van der Waals surface area contributed by atoms with E-state index >= 15 is 0 Å². The maximum absolute atomic E-state index is 14.4. The van der Waals surface area contributed by atoms with E-state index in [2.05, 4.69) is 25.3 Å². The Labute approximate surface area is 189 Å². The second kappa shape index (κ2) is 8.28. The van der Waals surface area contributed by atoms with Crippen LogP contribution in [0.3, 0.4) is 0 Å². The third-order valence-electron chi connectivity index (χ3n) is 5.26. The molecule has 4 rings (SSSR count). The molecule has 11 heteroatoms. The van der Waals surface area contributed by atoms with Gasteiger partial charge in [-0.3, -0.25) is 0 Å². The minimum absolute atomic E-state index is 0.126. The monoisotopic (exact) mass is 462 g/mol. The zero-order valence-electron chi connectivity index (χ0n) is 18.6. The number of amides is 1. The number of nitrogens with zero attached hydrogens (tertiary/aromatic N) is 5. The third-order valence-corrected chi connectivity index (χ3v) is 6.25. The minimum Gasteiger partial charge on any atom is -0.444 e. The van der Waals surface area contributed by atoms with Crippen LogP contribution in [0, 0.1) is 12.9 Å². The molecule has 3 aromatic heterocycles. The Morgan fingerprint density at radius 2 is 2.06 bits per heavy atom. The Morgan fingerprint density at radius 1 is 1.34 bits per heavy atom. The number of imidazole rings is 1. The molecule has 32 heavy (non-hydrogen) atoms. The topological polar surface area (TPSA) is 105 Å². The van der Waals surface area contributed by atoms with Gasteiger partial charge < -0.3 is 20.1 Å². The number of aliphatic hydroxyl groups is 1. The predicted molar refractivity (Wildman–Crippen MR) is 119 cm³/mol. The molecular formula is C21H27FN6O3S. The zero-order valence-corrected chi connectivity index (χ0v) is 19.4. The van der Waals surface area contributed by atoms with E-state index in [4.69, 9.17) is 4.74 Å². The van der Waals surface area contributed by atoms with E-state index in [0.717, 1.165) is 5.13 Å². The summed E-state index contributed by atoms with van der Waals surface area (Å²) >= 11 is 1.41. The predicted octanol–water partition coefficient (Wildman–Crippen LogP) is 3.16. The lowest BCUT2D eigenvalue weighted by Gasteiger charge is -2.38. The average molecular weight is 463 g/mol. The van der Waals surface area contributed by atoms with Crippen molar-refractivity contribution in [3.8, 4) is 11.3 Å². The van der Waals surface area contributed by atoms with Crippen LogP contribution in [0.1, 0.15) is 39.3 Å². The number of aryl methyl sites for hydroxylation is 1. The molecule has 172 valence electrons. The summed E-state index contributed by atoms with van der Waals surface area (Å²) in [6.45, 7) is 8.37. The zero-order chi connectivity index (χ0) is 23.1. The summed E-state index contributed by atoms with van der Waals surface area (Å²) in [7, 11) is 0. The molecule has 1 aliphatic heterocycles. The Balaban J connectivity index is 1.42. The molecular weight excluding hydrogens is 435 g/mol. The highest BCUT2D eigenvalue weighted by atomic mass is 32.1. The Bertz CT molecular complexity index is 1130. The molecule has 1 saturated heterocycles. The van der Waals surface area contributed by atoms with Crippen LogP contribution in [0.4, 0.5) is 14.3 Å². The maximum Gasteiger partial charge on any atom is 0.407 e.